The van der Waals surface area contributed by atoms with Crippen molar-refractivity contribution < 1.29 is 14.7 Å². The molecule has 0 unspecified atom stereocenters. The smallest absolute Gasteiger partial charge is 0.250 e. The zero-order chi connectivity index (χ0) is 16.8. The van der Waals surface area contributed by atoms with Gasteiger partial charge < -0.3 is 19.9 Å². The summed E-state index contributed by atoms with van der Waals surface area (Å²) in [7, 11) is 0. The second-order valence-corrected chi connectivity index (χ2v) is 5.81. The molecule has 23 heavy (non-hydrogen) atoms. The van der Waals surface area contributed by atoms with Crippen molar-refractivity contribution in [2.45, 2.75) is 44.9 Å². The third-order valence-corrected chi connectivity index (χ3v) is 4.08. The molecule has 2 atom stereocenters. The van der Waals surface area contributed by atoms with E-state index in [1.807, 2.05) is 0 Å². The van der Waals surface area contributed by atoms with Gasteiger partial charge in [0.2, 0.25) is 11.8 Å². The molecule has 2 amide bonds. The normalized spacial score (nSPS) is 21.6. The summed E-state index contributed by atoms with van der Waals surface area (Å²) in [5, 5.41) is 12.8. The van der Waals surface area contributed by atoms with Crippen LogP contribution in [0, 0.1) is 0 Å². The number of nitrogens with one attached hydrogen (secondary N) is 1. The maximum atomic E-state index is 12.3. The molecule has 0 bridgehead atoms. The lowest BCUT2D eigenvalue weighted by Crippen LogP contribution is -2.42. The predicted molar refractivity (Wildman–Crippen MR) is 84.7 cm³/mol. The number of likely N-dealkylation sites (tertiary alicyclic amines) is 1. The van der Waals surface area contributed by atoms with Gasteiger partial charge in [0.1, 0.15) is 0 Å². The monoisotopic (exact) mass is 321 g/mol. The first-order chi connectivity index (χ1) is 11.0. The Hall–Kier alpha value is -2.15. The Labute approximate surface area is 134 Å². The van der Waals surface area contributed by atoms with E-state index in [0.717, 1.165) is 0 Å². The number of nitrogens with zero attached hydrogens (tertiary/aromatic N) is 2. The fourth-order valence-electron chi connectivity index (χ4n) is 2.79. The minimum atomic E-state index is -0.645. The molecule has 2 heterocycles. The first-order valence-electron chi connectivity index (χ1n) is 7.86. The number of amides is 2. The van der Waals surface area contributed by atoms with E-state index in [1.165, 1.54) is 17.6 Å². The fraction of sp³-hybridized carbons (Fsp3) is 0.562. The van der Waals surface area contributed by atoms with Crippen LogP contribution in [0.25, 0.3) is 0 Å². The Morgan fingerprint density at radius 1 is 1.30 bits per heavy atom. The van der Waals surface area contributed by atoms with Gasteiger partial charge >= 0.3 is 0 Å². The van der Waals surface area contributed by atoms with Gasteiger partial charge in [0, 0.05) is 45.2 Å². The number of aryl methyl sites for hydroxylation is 1. The first-order valence-corrected chi connectivity index (χ1v) is 7.86. The third kappa shape index (κ3) is 4.92. The van der Waals surface area contributed by atoms with E-state index in [1.54, 1.807) is 23.2 Å². The summed E-state index contributed by atoms with van der Waals surface area (Å²) in [5.74, 6) is -0.228. The summed E-state index contributed by atoms with van der Waals surface area (Å²) < 4.78 is 1.50. The first kappa shape index (κ1) is 17.2. The largest absolute Gasteiger partial charge is 0.391 e. The molecule has 1 aromatic rings. The van der Waals surface area contributed by atoms with Crippen molar-refractivity contribution in [1.29, 1.82) is 0 Å². The number of carbonyl (C=O) groups is 2. The van der Waals surface area contributed by atoms with Crippen molar-refractivity contribution in [1.82, 2.24) is 14.8 Å². The highest BCUT2D eigenvalue weighted by Crippen LogP contribution is 2.13. The van der Waals surface area contributed by atoms with Gasteiger partial charge in [-0.25, -0.2) is 0 Å². The average molecular weight is 321 g/mol. The van der Waals surface area contributed by atoms with Gasteiger partial charge in [0.25, 0.3) is 5.56 Å². The van der Waals surface area contributed by atoms with Crippen molar-refractivity contribution in [3.63, 3.8) is 0 Å². The Bertz CT molecular complexity index is 613. The van der Waals surface area contributed by atoms with E-state index in [-0.39, 0.29) is 29.8 Å². The second kappa shape index (κ2) is 7.92. The van der Waals surface area contributed by atoms with Crippen molar-refractivity contribution in [2.75, 3.05) is 13.1 Å². The van der Waals surface area contributed by atoms with Crippen LogP contribution in [0.3, 0.4) is 0 Å². The number of rotatable bonds is 4. The molecular formula is C16H23N3O4. The minimum Gasteiger partial charge on any atom is -0.391 e. The second-order valence-electron chi connectivity index (χ2n) is 5.81. The van der Waals surface area contributed by atoms with E-state index < -0.39 is 6.10 Å². The maximum absolute atomic E-state index is 12.3. The van der Waals surface area contributed by atoms with Crippen LogP contribution in [0.5, 0.6) is 0 Å². The molecule has 1 aliphatic heterocycles. The molecule has 7 heteroatoms. The van der Waals surface area contributed by atoms with E-state index in [2.05, 4.69) is 5.32 Å². The number of aliphatic hydroxyl groups is 1. The highest BCUT2D eigenvalue weighted by atomic mass is 16.3. The summed E-state index contributed by atoms with van der Waals surface area (Å²) >= 11 is 0. The summed E-state index contributed by atoms with van der Waals surface area (Å²) in [5.41, 5.74) is -0.127. The van der Waals surface area contributed by atoms with Gasteiger partial charge in [-0.15, -0.1) is 0 Å². The van der Waals surface area contributed by atoms with Crippen LogP contribution in [0.2, 0.25) is 0 Å². The summed E-state index contributed by atoms with van der Waals surface area (Å²) in [6, 6.07) is 4.57. The quantitative estimate of drug-likeness (QED) is 0.798. The number of carbonyl (C=O) groups excluding carboxylic acids is 2. The molecule has 1 aromatic heterocycles. The maximum Gasteiger partial charge on any atom is 0.250 e. The lowest BCUT2D eigenvalue weighted by molar-refractivity contribution is -0.131. The number of hydrogen-bond acceptors (Lipinski definition) is 4. The number of aliphatic hydroxyl groups excluding tert-OH is 1. The van der Waals surface area contributed by atoms with Gasteiger partial charge in [-0.1, -0.05) is 6.07 Å². The molecule has 7 nitrogen and oxygen atoms in total. The van der Waals surface area contributed by atoms with Gasteiger partial charge in [-0.05, 0) is 18.9 Å². The van der Waals surface area contributed by atoms with E-state index in [4.69, 9.17) is 0 Å². The molecule has 2 rings (SSSR count). The zero-order valence-electron chi connectivity index (χ0n) is 13.3. The van der Waals surface area contributed by atoms with Gasteiger partial charge in [-0.2, -0.15) is 0 Å². The van der Waals surface area contributed by atoms with Gasteiger partial charge in [0.05, 0.1) is 12.1 Å². The number of hydrogen-bond donors (Lipinski definition) is 2. The van der Waals surface area contributed by atoms with E-state index >= 15 is 0 Å². The lowest BCUT2D eigenvalue weighted by atomic mass is 10.1. The summed E-state index contributed by atoms with van der Waals surface area (Å²) in [6.45, 7) is 2.70. The van der Waals surface area contributed by atoms with Crippen LogP contribution in [0.15, 0.2) is 29.2 Å². The Morgan fingerprint density at radius 2 is 2.04 bits per heavy atom. The predicted octanol–water partition coefficient (Wildman–Crippen LogP) is -0.274. The Balaban J connectivity index is 1.89. The molecule has 0 aromatic carbocycles. The number of pyridine rings is 1. The molecule has 1 fully saturated rings. The SMILES string of the molecule is CC(=O)N[C@H]1CCN(C(=O)CCn2ccccc2=O)CC[C@@H]1O. The third-order valence-electron chi connectivity index (χ3n) is 4.08. The molecule has 0 saturated carbocycles. The fourth-order valence-corrected chi connectivity index (χ4v) is 2.79. The average Bonchev–Trinajstić information content (AvgIpc) is 2.68. The standard InChI is InChI=1S/C16H23N3O4/c1-12(20)17-13-5-9-19(10-6-14(13)21)16(23)7-11-18-8-3-2-4-15(18)22/h2-4,8,13-14,21H,5-7,9-11H2,1H3,(H,17,20)/t13-,14-/m0/s1. The highest BCUT2D eigenvalue weighted by Gasteiger charge is 2.27. The van der Waals surface area contributed by atoms with Crippen LogP contribution in [-0.2, 0) is 16.1 Å². The van der Waals surface area contributed by atoms with Crippen molar-refractivity contribution in [3.8, 4) is 0 Å². The molecule has 2 N–H and O–H groups in total. The van der Waals surface area contributed by atoms with Crippen molar-refractivity contribution in [3.05, 3.63) is 34.7 Å². The Kier molecular flexibility index (Phi) is 5.92. The minimum absolute atomic E-state index is 0.0450. The topological polar surface area (TPSA) is 91.6 Å². The highest BCUT2D eigenvalue weighted by molar-refractivity contribution is 5.76. The molecule has 1 aliphatic rings. The Morgan fingerprint density at radius 3 is 2.74 bits per heavy atom. The van der Waals surface area contributed by atoms with Gasteiger partial charge in [0.15, 0.2) is 0 Å². The summed E-state index contributed by atoms with van der Waals surface area (Å²) in [6.07, 6.45) is 2.22. The van der Waals surface area contributed by atoms with Crippen molar-refractivity contribution in [2.24, 2.45) is 0 Å². The van der Waals surface area contributed by atoms with E-state index in [9.17, 15) is 19.5 Å². The lowest BCUT2D eigenvalue weighted by Gasteiger charge is -2.21. The van der Waals surface area contributed by atoms with Gasteiger partial charge in [-0.3, -0.25) is 14.4 Å². The number of aromatic nitrogens is 1. The van der Waals surface area contributed by atoms with Crippen LogP contribution >= 0.6 is 0 Å². The summed E-state index contributed by atoms with van der Waals surface area (Å²) in [4.78, 5) is 36.8. The van der Waals surface area contributed by atoms with Crippen molar-refractivity contribution >= 4 is 11.8 Å². The van der Waals surface area contributed by atoms with E-state index in [0.29, 0.717) is 32.5 Å². The molecule has 0 spiro atoms. The molecular weight excluding hydrogens is 298 g/mol. The van der Waals surface area contributed by atoms with Crippen LogP contribution in [0.1, 0.15) is 26.2 Å². The molecule has 0 radical (unpaired) electrons. The van der Waals surface area contributed by atoms with Crippen LogP contribution < -0.4 is 10.9 Å². The molecule has 1 saturated heterocycles. The molecule has 126 valence electrons. The zero-order valence-corrected chi connectivity index (χ0v) is 13.3. The molecule has 0 aliphatic carbocycles. The van der Waals surface area contributed by atoms with Crippen LogP contribution in [-0.4, -0.2) is 51.6 Å². The van der Waals surface area contributed by atoms with Crippen LogP contribution in [0.4, 0.5) is 0 Å².